The summed E-state index contributed by atoms with van der Waals surface area (Å²) in [5.74, 6) is 0.497. The number of piperidine rings is 1. The Balaban J connectivity index is 1.42. The second kappa shape index (κ2) is 10.3. The van der Waals surface area contributed by atoms with Crippen LogP contribution in [0.2, 0.25) is 10.0 Å². The van der Waals surface area contributed by atoms with Crippen LogP contribution in [0.5, 0.6) is 0 Å². The van der Waals surface area contributed by atoms with Crippen molar-refractivity contribution in [1.82, 2.24) is 20.3 Å². The SMILES string of the molecule is Cc1nc(N2CCC3(CC2)c2ncccc2C[C@H]3NC(=O)OC(C)(C)C)nc(C#N)c1-c1cccc(Cl)c1Cl. The van der Waals surface area contributed by atoms with E-state index in [0.29, 0.717) is 52.3 Å². The molecule has 1 aliphatic carbocycles. The quantitative estimate of drug-likeness (QED) is 0.415. The Bertz CT molecular complexity index is 1470. The van der Waals surface area contributed by atoms with E-state index in [9.17, 15) is 10.1 Å². The topological polar surface area (TPSA) is 104 Å². The van der Waals surface area contributed by atoms with Crippen molar-refractivity contribution < 1.29 is 9.53 Å². The predicted octanol–water partition coefficient (Wildman–Crippen LogP) is 6.01. The average Bonchev–Trinajstić information content (AvgIpc) is 3.17. The Kier molecular flexibility index (Phi) is 7.17. The molecule has 1 saturated heterocycles. The van der Waals surface area contributed by atoms with E-state index in [0.717, 1.165) is 24.1 Å². The number of aryl methyl sites for hydroxylation is 1. The van der Waals surface area contributed by atoms with Crippen molar-refractivity contribution in [3.8, 4) is 17.2 Å². The van der Waals surface area contributed by atoms with Crippen molar-refractivity contribution in [2.75, 3.05) is 18.0 Å². The molecule has 0 radical (unpaired) electrons. The Morgan fingerprint density at radius 1 is 1.18 bits per heavy atom. The van der Waals surface area contributed by atoms with Gasteiger partial charge in [-0.25, -0.2) is 14.8 Å². The fourth-order valence-electron chi connectivity index (χ4n) is 5.76. The van der Waals surface area contributed by atoms with Gasteiger partial charge < -0.3 is 15.0 Å². The van der Waals surface area contributed by atoms with Gasteiger partial charge in [-0.05, 0) is 64.7 Å². The molecule has 8 nitrogen and oxygen atoms in total. The maximum absolute atomic E-state index is 12.7. The van der Waals surface area contributed by atoms with Gasteiger partial charge in [0.1, 0.15) is 11.7 Å². The summed E-state index contributed by atoms with van der Waals surface area (Å²) >= 11 is 12.7. The van der Waals surface area contributed by atoms with E-state index < -0.39 is 11.7 Å². The van der Waals surface area contributed by atoms with Gasteiger partial charge >= 0.3 is 6.09 Å². The zero-order valence-electron chi connectivity index (χ0n) is 22.4. The number of nitriles is 1. The Morgan fingerprint density at radius 2 is 1.92 bits per heavy atom. The summed E-state index contributed by atoms with van der Waals surface area (Å²) in [6.45, 7) is 8.70. The molecule has 1 spiro atoms. The molecular formula is C29H30Cl2N6O2. The van der Waals surface area contributed by atoms with Crippen LogP contribution in [0.4, 0.5) is 10.7 Å². The molecular weight excluding hydrogens is 535 g/mol. The summed E-state index contributed by atoms with van der Waals surface area (Å²) in [5, 5.41) is 13.9. The standard InChI is InChI=1S/C29H30Cl2N6O2/c1-17-23(19-8-5-9-20(30)24(19)31)21(16-32)35-26(34-17)37-13-10-29(11-14-37)22(36-27(38)39-28(2,3)4)15-18-7-6-12-33-25(18)29/h5-9,12,22H,10-11,13-15H2,1-4H3,(H,36,38)/t22-/m1/s1. The van der Waals surface area contributed by atoms with Gasteiger partial charge in [-0.3, -0.25) is 4.98 Å². The maximum atomic E-state index is 12.7. The minimum Gasteiger partial charge on any atom is -0.444 e. The summed E-state index contributed by atoms with van der Waals surface area (Å²) in [6.07, 6.45) is 3.57. The molecule has 2 aliphatic rings. The second-order valence-electron chi connectivity index (χ2n) is 11.1. The van der Waals surface area contributed by atoms with Crippen molar-refractivity contribution in [2.45, 2.75) is 64.0 Å². The summed E-state index contributed by atoms with van der Waals surface area (Å²) in [4.78, 5) is 29.0. The van der Waals surface area contributed by atoms with E-state index in [1.54, 1.807) is 12.1 Å². The van der Waals surface area contributed by atoms with E-state index in [1.165, 1.54) is 0 Å². The number of nitrogens with one attached hydrogen (secondary N) is 1. The van der Waals surface area contributed by atoms with Crippen LogP contribution in [0.25, 0.3) is 11.1 Å². The number of ether oxygens (including phenoxy) is 1. The highest BCUT2D eigenvalue weighted by Crippen LogP contribution is 2.46. The summed E-state index contributed by atoms with van der Waals surface area (Å²) in [5.41, 5.74) is 3.38. The van der Waals surface area contributed by atoms with E-state index in [1.807, 2.05) is 46.0 Å². The number of pyridine rings is 1. The fraction of sp³-hybridized carbons (Fsp3) is 0.414. The lowest BCUT2D eigenvalue weighted by Crippen LogP contribution is -2.55. The zero-order valence-corrected chi connectivity index (χ0v) is 23.9. The van der Waals surface area contributed by atoms with Gasteiger partial charge in [0, 0.05) is 41.9 Å². The summed E-state index contributed by atoms with van der Waals surface area (Å²) in [6, 6.07) is 11.4. The number of anilines is 1. The first kappa shape index (κ1) is 27.2. The molecule has 1 N–H and O–H groups in total. The molecule has 0 bridgehead atoms. The highest BCUT2D eigenvalue weighted by Gasteiger charge is 2.50. The van der Waals surface area contributed by atoms with Crippen molar-refractivity contribution in [1.29, 1.82) is 5.26 Å². The Labute approximate surface area is 238 Å². The van der Waals surface area contributed by atoms with Crippen LogP contribution < -0.4 is 10.2 Å². The van der Waals surface area contributed by atoms with Crippen LogP contribution in [-0.4, -0.2) is 45.8 Å². The summed E-state index contributed by atoms with van der Waals surface area (Å²) < 4.78 is 5.58. The fourth-order valence-corrected chi connectivity index (χ4v) is 6.16. The van der Waals surface area contributed by atoms with Crippen LogP contribution >= 0.6 is 23.2 Å². The first-order valence-electron chi connectivity index (χ1n) is 12.9. The van der Waals surface area contributed by atoms with Crippen molar-refractivity contribution in [3.05, 3.63) is 69.2 Å². The van der Waals surface area contributed by atoms with Gasteiger partial charge in [-0.15, -0.1) is 0 Å². The molecule has 1 aromatic carbocycles. The lowest BCUT2D eigenvalue weighted by atomic mass is 9.73. The number of amides is 1. The van der Waals surface area contributed by atoms with E-state index in [4.69, 9.17) is 37.9 Å². The van der Waals surface area contributed by atoms with Gasteiger partial charge in [-0.2, -0.15) is 5.26 Å². The molecule has 5 rings (SSSR count). The second-order valence-corrected chi connectivity index (χ2v) is 11.9. The van der Waals surface area contributed by atoms with Gasteiger partial charge in [-0.1, -0.05) is 41.4 Å². The van der Waals surface area contributed by atoms with Crippen LogP contribution in [-0.2, 0) is 16.6 Å². The summed E-state index contributed by atoms with van der Waals surface area (Å²) in [7, 11) is 0. The van der Waals surface area contributed by atoms with E-state index in [2.05, 4.69) is 27.3 Å². The molecule has 39 heavy (non-hydrogen) atoms. The Morgan fingerprint density at radius 3 is 2.62 bits per heavy atom. The number of aromatic nitrogens is 3. The van der Waals surface area contributed by atoms with Crippen LogP contribution in [0.15, 0.2) is 36.5 Å². The smallest absolute Gasteiger partial charge is 0.407 e. The first-order chi connectivity index (χ1) is 18.5. The van der Waals surface area contributed by atoms with Crippen molar-refractivity contribution >= 4 is 35.2 Å². The predicted molar refractivity (Wildman–Crippen MR) is 151 cm³/mol. The third-order valence-corrected chi connectivity index (χ3v) is 8.31. The van der Waals surface area contributed by atoms with Crippen molar-refractivity contribution in [2.24, 2.45) is 0 Å². The highest BCUT2D eigenvalue weighted by molar-refractivity contribution is 6.43. The lowest BCUT2D eigenvalue weighted by Gasteiger charge is -2.43. The molecule has 1 amide bonds. The number of fused-ring (bicyclic) bond motifs is 2. The number of hydrogen-bond acceptors (Lipinski definition) is 7. The number of nitrogens with zero attached hydrogens (tertiary/aromatic N) is 5. The molecule has 3 heterocycles. The molecule has 3 aromatic rings. The number of carbonyl (C=O) groups is 1. The third kappa shape index (κ3) is 5.13. The molecule has 1 fully saturated rings. The largest absolute Gasteiger partial charge is 0.444 e. The van der Waals surface area contributed by atoms with Gasteiger partial charge in [0.25, 0.3) is 0 Å². The molecule has 10 heteroatoms. The third-order valence-electron chi connectivity index (χ3n) is 7.49. The van der Waals surface area contributed by atoms with Gasteiger partial charge in [0.2, 0.25) is 5.95 Å². The van der Waals surface area contributed by atoms with Crippen LogP contribution in [0.3, 0.4) is 0 Å². The van der Waals surface area contributed by atoms with Crippen LogP contribution in [0, 0.1) is 18.3 Å². The van der Waals surface area contributed by atoms with E-state index in [-0.39, 0.29) is 17.2 Å². The molecule has 0 saturated carbocycles. The molecule has 1 atom stereocenters. The number of rotatable bonds is 3. The highest BCUT2D eigenvalue weighted by atomic mass is 35.5. The van der Waals surface area contributed by atoms with Crippen molar-refractivity contribution in [3.63, 3.8) is 0 Å². The number of carbonyl (C=O) groups excluding carboxylic acids is 1. The molecule has 0 unspecified atom stereocenters. The minimum absolute atomic E-state index is 0.135. The lowest BCUT2D eigenvalue weighted by molar-refractivity contribution is 0.0472. The molecule has 2 aromatic heterocycles. The number of alkyl carbamates (subject to hydrolysis) is 1. The van der Waals surface area contributed by atoms with Crippen LogP contribution in [0.1, 0.15) is 56.3 Å². The van der Waals surface area contributed by atoms with E-state index >= 15 is 0 Å². The molecule has 202 valence electrons. The normalized spacial score (nSPS) is 18.0. The maximum Gasteiger partial charge on any atom is 0.407 e. The monoisotopic (exact) mass is 564 g/mol. The van der Waals surface area contributed by atoms with Gasteiger partial charge in [0.05, 0.1) is 21.4 Å². The Hall–Kier alpha value is -3.41. The first-order valence-corrected chi connectivity index (χ1v) is 13.7. The van der Waals surface area contributed by atoms with Gasteiger partial charge in [0.15, 0.2) is 5.69 Å². The average molecular weight is 566 g/mol. The molecule has 1 aliphatic heterocycles. The number of hydrogen-bond donors (Lipinski definition) is 1. The zero-order chi connectivity index (χ0) is 27.9. The minimum atomic E-state index is -0.584. The number of halogens is 2. The number of benzene rings is 1.